The number of ether oxygens (including phenoxy) is 1. The van der Waals surface area contributed by atoms with Crippen molar-refractivity contribution in [1.29, 1.82) is 0 Å². The first kappa shape index (κ1) is 30.2. The zero-order valence-electron chi connectivity index (χ0n) is 25.4. The van der Waals surface area contributed by atoms with Gasteiger partial charge in [0, 0.05) is 65.6 Å². The molecule has 0 bridgehead atoms. The van der Waals surface area contributed by atoms with Crippen molar-refractivity contribution in [2.75, 3.05) is 61.1 Å². The standard InChI is InChI=1S/C33H36N8O4S/c1-2-29(42)37-25-4-3-11-41(18-25)33(19-45-20-33)23-9-10-34-28(16-23)32(43)38-24-7-5-22(6-8-24)27-17-26-30(39-27)35-21-36-31(26)40-12-14-46(44)15-13-40/h2,5-10,16-17,21,25H,1,3-4,11-15,18-20H2,(H,37,42)(H,38,43)(H,35,36,39). The molecule has 3 aromatic heterocycles. The fourth-order valence-corrected chi connectivity index (χ4v) is 7.58. The number of aromatic amines is 1. The second-order valence-electron chi connectivity index (χ2n) is 12.0. The Morgan fingerprint density at radius 2 is 1.87 bits per heavy atom. The highest BCUT2D eigenvalue weighted by Gasteiger charge is 2.47. The molecule has 0 radical (unpaired) electrons. The third-order valence-corrected chi connectivity index (χ3v) is 10.4. The molecule has 0 saturated carbocycles. The highest BCUT2D eigenvalue weighted by Crippen LogP contribution is 2.38. The van der Waals surface area contributed by atoms with Gasteiger partial charge in [0.25, 0.3) is 5.91 Å². The van der Waals surface area contributed by atoms with Gasteiger partial charge in [-0.3, -0.25) is 23.7 Å². The number of rotatable bonds is 8. The molecule has 3 N–H and O–H groups in total. The minimum Gasteiger partial charge on any atom is -0.377 e. The van der Waals surface area contributed by atoms with E-state index < -0.39 is 10.8 Å². The molecule has 4 aromatic rings. The van der Waals surface area contributed by atoms with E-state index in [9.17, 15) is 13.8 Å². The van der Waals surface area contributed by atoms with Crippen LogP contribution in [0, 0.1) is 0 Å². The molecule has 3 aliphatic heterocycles. The first-order chi connectivity index (χ1) is 22.4. The van der Waals surface area contributed by atoms with E-state index in [-0.39, 0.29) is 23.4 Å². The largest absolute Gasteiger partial charge is 0.377 e. The van der Waals surface area contributed by atoms with Crippen molar-refractivity contribution >= 4 is 45.2 Å². The average molecular weight is 641 g/mol. The van der Waals surface area contributed by atoms with E-state index >= 15 is 0 Å². The number of aromatic nitrogens is 4. The monoisotopic (exact) mass is 640 g/mol. The summed E-state index contributed by atoms with van der Waals surface area (Å²) < 4.78 is 17.5. The van der Waals surface area contributed by atoms with Crippen molar-refractivity contribution in [3.63, 3.8) is 0 Å². The number of amides is 2. The molecule has 0 spiro atoms. The predicted octanol–water partition coefficient (Wildman–Crippen LogP) is 2.83. The average Bonchev–Trinajstić information content (AvgIpc) is 3.50. The van der Waals surface area contributed by atoms with Crippen molar-refractivity contribution < 1.29 is 18.5 Å². The van der Waals surface area contributed by atoms with Gasteiger partial charge in [-0.1, -0.05) is 18.7 Å². The van der Waals surface area contributed by atoms with Crippen LogP contribution in [-0.2, 0) is 25.9 Å². The molecule has 12 nitrogen and oxygen atoms in total. The lowest BCUT2D eigenvalue weighted by Gasteiger charge is -2.52. The van der Waals surface area contributed by atoms with Crippen LogP contribution in [0.25, 0.3) is 22.3 Å². The molecule has 3 fully saturated rings. The van der Waals surface area contributed by atoms with Crippen LogP contribution in [-0.4, -0.2) is 97.8 Å². The molecule has 46 heavy (non-hydrogen) atoms. The second kappa shape index (κ2) is 12.7. The molecule has 6 heterocycles. The summed E-state index contributed by atoms with van der Waals surface area (Å²) in [7, 11) is -0.768. The number of H-pyrrole nitrogens is 1. The zero-order valence-corrected chi connectivity index (χ0v) is 26.2. The fourth-order valence-electron chi connectivity index (χ4n) is 6.53. The molecule has 2 amide bonds. The number of benzene rings is 1. The minimum atomic E-state index is -0.768. The van der Waals surface area contributed by atoms with E-state index in [1.165, 1.54) is 6.08 Å². The Labute approximate surface area is 269 Å². The maximum absolute atomic E-state index is 13.3. The van der Waals surface area contributed by atoms with E-state index in [1.54, 1.807) is 12.5 Å². The lowest BCUT2D eigenvalue weighted by molar-refractivity contribution is -0.154. The minimum absolute atomic E-state index is 0.0337. The Hall–Kier alpha value is -4.46. The molecule has 1 atom stereocenters. The van der Waals surface area contributed by atoms with Crippen LogP contribution in [0.5, 0.6) is 0 Å². The van der Waals surface area contributed by atoms with Gasteiger partial charge in [-0.2, -0.15) is 0 Å². The van der Waals surface area contributed by atoms with E-state index in [0.29, 0.717) is 55.7 Å². The summed E-state index contributed by atoms with van der Waals surface area (Å²) in [5, 5.41) is 6.93. The van der Waals surface area contributed by atoms with Gasteiger partial charge in [0.1, 0.15) is 23.5 Å². The molecule has 13 heteroatoms. The number of carbonyl (C=O) groups is 2. The molecule has 3 saturated heterocycles. The van der Waals surface area contributed by atoms with Crippen molar-refractivity contribution in [2.24, 2.45) is 0 Å². The van der Waals surface area contributed by atoms with E-state index in [2.05, 4.69) is 46.9 Å². The molecular formula is C33H36N8O4S. The Morgan fingerprint density at radius 3 is 2.61 bits per heavy atom. The predicted molar refractivity (Wildman–Crippen MR) is 177 cm³/mol. The van der Waals surface area contributed by atoms with Gasteiger partial charge in [0.2, 0.25) is 5.91 Å². The number of pyridine rings is 1. The number of hydrogen-bond acceptors (Lipinski definition) is 9. The van der Waals surface area contributed by atoms with Crippen LogP contribution in [0.15, 0.2) is 67.6 Å². The molecule has 7 rings (SSSR count). The van der Waals surface area contributed by atoms with Crippen molar-refractivity contribution in [1.82, 2.24) is 30.2 Å². The summed E-state index contributed by atoms with van der Waals surface area (Å²) >= 11 is 0. The highest BCUT2D eigenvalue weighted by atomic mass is 32.2. The summed E-state index contributed by atoms with van der Waals surface area (Å²) in [5.41, 5.74) is 4.16. The summed E-state index contributed by atoms with van der Waals surface area (Å²) in [5.74, 6) is 1.66. The number of nitrogens with one attached hydrogen (secondary N) is 3. The van der Waals surface area contributed by atoms with Crippen LogP contribution >= 0.6 is 0 Å². The summed E-state index contributed by atoms with van der Waals surface area (Å²) in [6.07, 6.45) is 6.39. The number of hydrogen-bond donors (Lipinski definition) is 3. The van der Waals surface area contributed by atoms with Gasteiger partial charge >= 0.3 is 0 Å². The van der Waals surface area contributed by atoms with E-state index in [4.69, 9.17) is 4.74 Å². The highest BCUT2D eigenvalue weighted by molar-refractivity contribution is 7.85. The number of nitrogens with zero attached hydrogens (tertiary/aromatic N) is 5. The number of piperidine rings is 1. The maximum atomic E-state index is 13.3. The summed E-state index contributed by atoms with van der Waals surface area (Å²) in [6, 6.07) is 13.5. The van der Waals surface area contributed by atoms with Crippen molar-refractivity contribution in [3.05, 3.63) is 78.9 Å². The van der Waals surface area contributed by atoms with E-state index in [1.807, 2.05) is 42.5 Å². The van der Waals surface area contributed by atoms with Crippen LogP contribution in [0.2, 0.25) is 0 Å². The number of carbonyl (C=O) groups excluding carboxylic acids is 2. The third kappa shape index (κ3) is 5.93. The Kier molecular flexibility index (Phi) is 8.36. The maximum Gasteiger partial charge on any atom is 0.274 e. The van der Waals surface area contributed by atoms with E-state index in [0.717, 1.165) is 53.1 Å². The van der Waals surface area contributed by atoms with Crippen LogP contribution in [0.3, 0.4) is 0 Å². The van der Waals surface area contributed by atoms with Gasteiger partial charge in [-0.25, -0.2) is 9.97 Å². The smallest absolute Gasteiger partial charge is 0.274 e. The van der Waals surface area contributed by atoms with Gasteiger partial charge < -0.3 is 25.3 Å². The van der Waals surface area contributed by atoms with Gasteiger partial charge in [-0.05, 0) is 66.9 Å². The molecule has 238 valence electrons. The molecule has 0 aliphatic carbocycles. The Balaban J connectivity index is 1.05. The summed E-state index contributed by atoms with van der Waals surface area (Å²) in [6.45, 7) is 7.58. The Bertz CT molecular complexity index is 1790. The molecular weight excluding hydrogens is 604 g/mol. The quantitative estimate of drug-likeness (QED) is 0.248. The second-order valence-corrected chi connectivity index (χ2v) is 13.7. The fraction of sp³-hybridized carbons (Fsp3) is 0.364. The first-order valence-electron chi connectivity index (χ1n) is 15.5. The van der Waals surface area contributed by atoms with Crippen LogP contribution < -0.4 is 15.5 Å². The molecule has 1 aromatic carbocycles. The van der Waals surface area contributed by atoms with Gasteiger partial charge in [-0.15, -0.1) is 0 Å². The number of fused-ring (bicyclic) bond motifs is 1. The zero-order chi connectivity index (χ0) is 31.7. The molecule has 1 unspecified atom stereocenters. The van der Waals surface area contributed by atoms with Crippen molar-refractivity contribution in [2.45, 2.75) is 24.4 Å². The number of anilines is 2. The number of likely N-dealkylation sites (tertiary alicyclic amines) is 1. The Morgan fingerprint density at radius 1 is 1.07 bits per heavy atom. The van der Waals surface area contributed by atoms with Crippen LogP contribution in [0.4, 0.5) is 11.5 Å². The van der Waals surface area contributed by atoms with Crippen LogP contribution in [0.1, 0.15) is 28.9 Å². The lowest BCUT2D eigenvalue weighted by Crippen LogP contribution is -2.63. The first-order valence-corrected chi connectivity index (χ1v) is 17.0. The normalized spacial score (nSPS) is 20.2. The SMILES string of the molecule is C=CC(=O)NC1CCCN(C2(c3ccnc(C(=O)Nc4ccc(-c5cc6c(N7CCS(=O)CC7)ncnc6[nH]5)cc4)c3)COC2)C1. The third-order valence-electron chi connectivity index (χ3n) is 9.11. The van der Waals surface area contributed by atoms with Crippen molar-refractivity contribution in [3.8, 4) is 11.3 Å². The topological polar surface area (TPSA) is 145 Å². The summed E-state index contributed by atoms with van der Waals surface area (Å²) in [4.78, 5) is 46.5. The lowest BCUT2D eigenvalue weighted by atomic mass is 9.84. The van der Waals surface area contributed by atoms with Gasteiger partial charge in [0.05, 0.1) is 24.1 Å². The molecule has 3 aliphatic rings. The van der Waals surface area contributed by atoms with Gasteiger partial charge in [0.15, 0.2) is 0 Å².